The van der Waals surface area contributed by atoms with Crippen LogP contribution in [0.5, 0.6) is 5.75 Å². The minimum absolute atomic E-state index is 0.0961. The zero-order valence-corrected chi connectivity index (χ0v) is 10.5. The SMILES string of the molecule is CC.COc1cc(F)c2c(c1)CCCCC2. The molecular formula is C14H21FO. The van der Waals surface area contributed by atoms with Crippen molar-refractivity contribution in [3.63, 3.8) is 0 Å². The highest BCUT2D eigenvalue weighted by atomic mass is 19.1. The molecule has 1 aliphatic carbocycles. The highest BCUT2D eigenvalue weighted by molar-refractivity contribution is 5.37. The number of aryl methyl sites for hydroxylation is 1. The Balaban J connectivity index is 0.000000606. The lowest BCUT2D eigenvalue weighted by molar-refractivity contribution is 0.410. The summed E-state index contributed by atoms with van der Waals surface area (Å²) in [6.45, 7) is 4.00. The molecule has 0 fully saturated rings. The van der Waals surface area contributed by atoms with E-state index < -0.39 is 0 Å². The standard InChI is InChI=1S/C12H15FO.C2H6/c1-14-10-7-9-5-3-2-4-6-11(9)12(13)8-10;1-2/h7-8H,2-6H2,1H3;1-2H3. The first-order chi connectivity index (χ1) is 7.81. The molecule has 0 aliphatic heterocycles. The number of ether oxygens (including phenoxy) is 1. The van der Waals surface area contributed by atoms with E-state index in [1.165, 1.54) is 18.9 Å². The van der Waals surface area contributed by atoms with Gasteiger partial charge in [0.15, 0.2) is 0 Å². The largest absolute Gasteiger partial charge is 0.497 e. The fraction of sp³-hybridized carbons (Fsp3) is 0.571. The van der Waals surface area contributed by atoms with Crippen LogP contribution in [0, 0.1) is 5.82 Å². The number of rotatable bonds is 1. The highest BCUT2D eigenvalue weighted by Gasteiger charge is 2.13. The minimum atomic E-state index is -0.0961. The summed E-state index contributed by atoms with van der Waals surface area (Å²) in [5.74, 6) is 0.546. The lowest BCUT2D eigenvalue weighted by atomic mass is 10.0. The van der Waals surface area contributed by atoms with Crippen molar-refractivity contribution in [2.24, 2.45) is 0 Å². The van der Waals surface area contributed by atoms with E-state index in [9.17, 15) is 4.39 Å². The summed E-state index contributed by atoms with van der Waals surface area (Å²) in [6, 6.07) is 3.47. The topological polar surface area (TPSA) is 9.23 Å². The third-order valence-electron chi connectivity index (χ3n) is 2.87. The molecule has 0 saturated carbocycles. The van der Waals surface area contributed by atoms with Gasteiger partial charge in [0.1, 0.15) is 11.6 Å². The van der Waals surface area contributed by atoms with Gasteiger partial charge in [-0.3, -0.25) is 0 Å². The fourth-order valence-corrected chi connectivity index (χ4v) is 2.08. The Hall–Kier alpha value is -1.05. The average Bonchev–Trinajstić information content (AvgIpc) is 2.57. The van der Waals surface area contributed by atoms with Gasteiger partial charge in [0, 0.05) is 6.07 Å². The molecule has 0 aromatic heterocycles. The van der Waals surface area contributed by atoms with Gasteiger partial charge in [-0.25, -0.2) is 4.39 Å². The van der Waals surface area contributed by atoms with E-state index in [1.807, 2.05) is 19.9 Å². The zero-order valence-electron chi connectivity index (χ0n) is 10.5. The van der Waals surface area contributed by atoms with Gasteiger partial charge in [-0.15, -0.1) is 0 Å². The van der Waals surface area contributed by atoms with Crippen LogP contribution in [0.15, 0.2) is 12.1 Å². The van der Waals surface area contributed by atoms with Crippen molar-refractivity contribution in [3.05, 3.63) is 29.1 Å². The molecule has 90 valence electrons. The van der Waals surface area contributed by atoms with Crippen molar-refractivity contribution in [2.45, 2.75) is 46.0 Å². The van der Waals surface area contributed by atoms with Crippen molar-refractivity contribution in [3.8, 4) is 5.75 Å². The number of hydrogen-bond acceptors (Lipinski definition) is 1. The first kappa shape index (κ1) is 13.0. The summed E-state index contributed by atoms with van der Waals surface area (Å²) in [6.07, 6.45) is 5.35. The van der Waals surface area contributed by atoms with Gasteiger partial charge in [-0.05, 0) is 42.9 Å². The normalized spacial score (nSPS) is 14.2. The van der Waals surface area contributed by atoms with Gasteiger partial charge in [0.2, 0.25) is 0 Å². The molecule has 1 aliphatic rings. The van der Waals surface area contributed by atoms with Gasteiger partial charge in [0.05, 0.1) is 7.11 Å². The second-order valence-corrected chi connectivity index (χ2v) is 3.81. The van der Waals surface area contributed by atoms with Crippen LogP contribution in [-0.4, -0.2) is 7.11 Å². The molecule has 1 nitrogen and oxygen atoms in total. The van der Waals surface area contributed by atoms with Crippen LogP contribution in [-0.2, 0) is 12.8 Å². The van der Waals surface area contributed by atoms with Crippen LogP contribution in [0.1, 0.15) is 44.2 Å². The van der Waals surface area contributed by atoms with E-state index >= 15 is 0 Å². The smallest absolute Gasteiger partial charge is 0.130 e. The Morgan fingerprint density at radius 2 is 1.75 bits per heavy atom. The molecule has 0 N–H and O–H groups in total. The maximum absolute atomic E-state index is 13.6. The molecule has 0 atom stereocenters. The summed E-state index contributed by atoms with van der Waals surface area (Å²) in [7, 11) is 1.58. The molecule has 0 unspecified atom stereocenters. The van der Waals surface area contributed by atoms with Crippen LogP contribution < -0.4 is 4.74 Å². The van der Waals surface area contributed by atoms with Crippen LogP contribution in [0.25, 0.3) is 0 Å². The molecule has 0 saturated heterocycles. The first-order valence-corrected chi connectivity index (χ1v) is 6.16. The van der Waals surface area contributed by atoms with Crippen LogP contribution >= 0.6 is 0 Å². The molecule has 0 heterocycles. The first-order valence-electron chi connectivity index (χ1n) is 6.16. The predicted octanol–water partition coefficient (Wildman–Crippen LogP) is 4.13. The highest BCUT2D eigenvalue weighted by Crippen LogP contribution is 2.27. The third-order valence-corrected chi connectivity index (χ3v) is 2.87. The Morgan fingerprint density at radius 1 is 1.06 bits per heavy atom. The van der Waals surface area contributed by atoms with Gasteiger partial charge in [-0.1, -0.05) is 20.3 Å². The maximum Gasteiger partial charge on any atom is 0.130 e. The maximum atomic E-state index is 13.6. The fourth-order valence-electron chi connectivity index (χ4n) is 2.08. The summed E-state index contributed by atoms with van der Waals surface area (Å²) in [4.78, 5) is 0. The van der Waals surface area contributed by atoms with Gasteiger partial charge in [0.25, 0.3) is 0 Å². The number of hydrogen-bond donors (Lipinski definition) is 0. The van der Waals surface area contributed by atoms with E-state index in [0.29, 0.717) is 5.75 Å². The van der Waals surface area contributed by atoms with Gasteiger partial charge < -0.3 is 4.74 Å². The molecule has 0 amide bonds. The summed E-state index contributed by atoms with van der Waals surface area (Å²) in [5.41, 5.74) is 2.04. The van der Waals surface area contributed by atoms with E-state index in [1.54, 1.807) is 7.11 Å². The molecule has 0 bridgehead atoms. The third kappa shape index (κ3) is 2.97. The molecular weight excluding hydrogens is 203 g/mol. The van der Waals surface area contributed by atoms with Crippen molar-refractivity contribution < 1.29 is 9.13 Å². The zero-order chi connectivity index (χ0) is 12.0. The Labute approximate surface area is 97.6 Å². The van der Waals surface area contributed by atoms with Crippen LogP contribution in [0.3, 0.4) is 0 Å². The van der Waals surface area contributed by atoms with Crippen LogP contribution in [0.2, 0.25) is 0 Å². The second-order valence-electron chi connectivity index (χ2n) is 3.81. The van der Waals surface area contributed by atoms with Crippen molar-refractivity contribution >= 4 is 0 Å². The monoisotopic (exact) mass is 224 g/mol. The van der Waals surface area contributed by atoms with Crippen molar-refractivity contribution in [2.75, 3.05) is 7.11 Å². The van der Waals surface area contributed by atoms with Crippen LogP contribution in [0.4, 0.5) is 4.39 Å². The van der Waals surface area contributed by atoms with E-state index in [4.69, 9.17) is 4.74 Å². The van der Waals surface area contributed by atoms with Gasteiger partial charge >= 0.3 is 0 Å². The number of fused-ring (bicyclic) bond motifs is 1. The van der Waals surface area contributed by atoms with E-state index in [-0.39, 0.29) is 5.82 Å². The average molecular weight is 224 g/mol. The second kappa shape index (κ2) is 6.51. The molecule has 1 aromatic rings. The van der Waals surface area contributed by atoms with E-state index in [0.717, 1.165) is 30.4 Å². The number of methoxy groups -OCH3 is 1. The van der Waals surface area contributed by atoms with E-state index in [2.05, 4.69) is 0 Å². The molecule has 2 heteroatoms. The van der Waals surface area contributed by atoms with Gasteiger partial charge in [-0.2, -0.15) is 0 Å². The summed E-state index contributed by atoms with van der Waals surface area (Å²) >= 11 is 0. The lowest BCUT2D eigenvalue weighted by Crippen LogP contribution is -1.97. The quantitative estimate of drug-likeness (QED) is 0.652. The Kier molecular flexibility index (Phi) is 5.30. The summed E-state index contributed by atoms with van der Waals surface area (Å²) in [5, 5.41) is 0. The summed E-state index contributed by atoms with van der Waals surface area (Å²) < 4.78 is 18.7. The van der Waals surface area contributed by atoms with Crippen molar-refractivity contribution in [1.29, 1.82) is 0 Å². The molecule has 2 rings (SSSR count). The molecule has 16 heavy (non-hydrogen) atoms. The Morgan fingerprint density at radius 3 is 2.44 bits per heavy atom. The molecule has 1 aromatic carbocycles. The van der Waals surface area contributed by atoms with Crippen molar-refractivity contribution in [1.82, 2.24) is 0 Å². The number of halogens is 1. The number of benzene rings is 1. The molecule has 0 spiro atoms. The Bertz CT molecular complexity index is 334. The minimum Gasteiger partial charge on any atom is -0.497 e. The molecule has 0 radical (unpaired) electrons. The predicted molar refractivity (Wildman–Crippen MR) is 65.6 cm³/mol. The lowest BCUT2D eigenvalue weighted by Gasteiger charge is -2.09.